The number of piperidine rings is 1. The van der Waals surface area contributed by atoms with E-state index in [9.17, 15) is 0 Å². The Labute approximate surface area is 61.9 Å². The second-order valence-electron chi connectivity index (χ2n) is 3.41. The van der Waals surface area contributed by atoms with Crippen molar-refractivity contribution in [2.24, 2.45) is 0 Å². The van der Waals surface area contributed by atoms with Crippen LogP contribution < -0.4 is 5.32 Å². The van der Waals surface area contributed by atoms with E-state index in [1.54, 1.807) is 0 Å². The number of ether oxygens (including phenoxy) is 1. The van der Waals surface area contributed by atoms with Gasteiger partial charge in [-0.15, -0.1) is 0 Å². The molecule has 2 aliphatic heterocycles. The first-order valence-corrected chi connectivity index (χ1v) is 4.19. The zero-order chi connectivity index (χ0) is 6.97. The maximum atomic E-state index is 5.36. The Bertz CT molecular complexity index is 126. The molecule has 0 radical (unpaired) electrons. The second kappa shape index (κ2) is 2.51. The maximum absolute atomic E-state index is 5.36. The molecule has 0 spiro atoms. The summed E-state index contributed by atoms with van der Waals surface area (Å²) in [4.78, 5) is 0. The standard InChI is InChI=1S/C8H15NO/c1-10-8-5-6-3-2-4-7(8)9-6/h6-9H,2-5H2,1H3/t6?,7?,8-/m1/s1. The minimum atomic E-state index is 0.507. The molecule has 2 rings (SSSR count). The van der Waals surface area contributed by atoms with Crippen molar-refractivity contribution in [3.8, 4) is 0 Å². The molecule has 0 aromatic heterocycles. The van der Waals surface area contributed by atoms with Gasteiger partial charge in [0.2, 0.25) is 0 Å². The zero-order valence-corrected chi connectivity index (χ0v) is 6.47. The maximum Gasteiger partial charge on any atom is 0.0739 e. The summed E-state index contributed by atoms with van der Waals surface area (Å²) in [5, 5.41) is 3.57. The fourth-order valence-electron chi connectivity index (χ4n) is 2.24. The molecule has 2 unspecified atom stereocenters. The number of nitrogens with one attached hydrogen (secondary N) is 1. The molecule has 0 aromatic rings. The predicted molar refractivity (Wildman–Crippen MR) is 40.0 cm³/mol. The van der Waals surface area contributed by atoms with Gasteiger partial charge in [-0.05, 0) is 19.3 Å². The topological polar surface area (TPSA) is 21.3 Å². The van der Waals surface area contributed by atoms with Gasteiger partial charge in [-0.25, -0.2) is 0 Å². The summed E-state index contributed by atoms with van der Waals surface area (Å²) in [5.41, 5.74) is 0. The van der Waals surface area contributed by atoms with E-state index in [0.717, 1.165) is 6.04 Å². The lowest BCUT2D eigenvalue weighted by Crippen LogP contribution is -2.37. The Balaban J connectivity index is 2.01. The van der Waals surface area contributed by atoms with Crippen LogP contribution in [0.4, 0.5) is 0 Å². The summed E-state index contributed by atoms with van der Waals surface area (Å²) in [6, 6.07) is 1.44. The molecule has 2 fully saturated rings. The molecule has 0 amide bonds. The fraction of sp³-hybridized carbons (Fsp3) is 1.00. The van der Waals surface area contributed by atoms with Crippen LogP contribution in [0.5, 0.6) is 0 Å². The normalized spacial score (nSPS) is 45.9. The highest BCUT2D eigenvalue weighted by atomic mass is 16.5. The van der Waals surface area contributed by atoms with Crippen LogP contribution in [0.1, 0.15) is 25.7 Å². The molecule has 2 nitrogen and oxygen atoms in total. The first kappa shape index (κ1) is 6.62. The smallest absolute Gasteiger partial charge is 0.0739 e. The third-order valence-corrected chi connectivity index (χ3v) is 2.79. The lowest BCUT2D eigenvalue weighted by molar-refractivity contribution is 0.0905. The van der Waals surface area contributed by atoms with E-state index < -0.39 is 0 Å². The van der Waals surface area contributed by atoms with Gasteiger partial charge in [0.15, 0.2) is 0 Å². The van der Waals surface area contributed by atoms with Gasteiger partial charge in [-0.3, -0.25) is 0 Å². The summed E-state index contributed by atoms with van der Waals surface area (Å²) in [6.07, 6.45) is 5.81. The molecule has 2 heterocycles. The SMILES string of the molecule is CO[C@@H]1CC2CCCC1N2. The van der Waals surface area contributed by atoms with Crippen LogP contribution in [-0.4, -0.2) is 25.3 Å². The molecule has 0 aromatic carbocycles. The molecular weight excluding hydrogens is 126 g/mol. The zero-order valence-electron chi connectivity index (χ0n) is 6.47. The van der Waals surface area contributed by atoms with Crippen LogP contribution in [0.3, 0.4) is 0 Å². The van der Waals surface area contributed by atoms with Crippen molar-refractivity contribution < 1.29 is 4.74 Å². The number of fused-ring (bicyclic) bond motifs is 2. The van der Waals surface area contributed by atoms with E-state index >= 15 is 0 Å². The Morgan fingerprint density at radius 1 is 1.40 bits per heavy atom. The third kappa shape index (κ3) is 0.956. The summed E-state index contributed by atoms with van der Waals surface area (Å²) >= 11 is 0. The molecule has 2 bridgehead atoms. The fourth-order valence-corrected chi connectivity index (χ4v) is 2.24. The van der Waals surface area contributed by atoms with Crippen molar-refractivity contribution in [3.63, 3.8) is 0 Å². The van der Waals surface area contributed by atoms with E-state index in [2.05, 4.69) is 5.32 Å². The van der Waals surface area contributed by atoms with Gasteiger partial charge < -0.3 is 10.1 Å². The molecule has 0 saturated carbocycles. The number of hydrogen-bond acceptors (Lipinski definition) is 2. The number of rotatable bonds is 1. The first-order chi connectivity index (χ1) is 4.90. The molecule has 2 saturated heterocycles. The highest BCUT2D eigenvalue weighted by molar-refractivity contribution is 4.95. The molecule has 58 valence electrons. The van der Waals surface area contributed by atoms with Gasteiger partial charge in [0, 0.05) is 19.2 Å². The Morgan fingerprint density at radius 3 is 3.00 bits per heavy atom. The van der Waals surface area contributed by atoms with Crippen molar-refractivity contribution in [1.29, 1.82) is 0 Å². The Morgan fingerprint density at radius 2 is 2.30 bits per heavy atom. The van der Waals surface area contributed by atoms with Crippen molar-refractivity contribution >= 4 is 0 Å². The average molecular weight is 141 g/mol. The quantitative estimate of drug-likeness (QED) is 0.586. The predicted octanol–water partition coefficient (Wildman–Crippen LogP) is 0.916. The van der Waals surface area contributed by atoms with E-state index in [4.69, 9.17) is 4.74 Å². The van der Waals surface area contributed by atoms with Crippen LogP contribution in [0, 0.1) is 0 Å². The number of methoxy groups -OCH3 is 1. The van der Waals surface area contributed by atoms with Crippen LogP contribution >= 0.6 is 0 Å². The van der Waals surface area contributed by atoms with Crippen molar-refractivity contribution in [1.82, 2.24) is 5.32 Å². The van der Waals surface area contributed by atoms with E-state index in [1.165, 1.54) is 25.7 Å². The van der Waals surface area contributed by atoms with Crippen molar-refractivity contribution in [2.45, 2.75) is 43.9 Å². The molecule has 2 aliphatic rings. The summed E-state index contributed by atoms with van der Waals surface area (Å²) in [6.45, 7) is 0. The van der Waals surface area contributed by atoms with Crippen LogP contribution in [-0.2, 0) is 4.74 Å². The van der Waals surface area contributed by atoms with Gasteiger partial charge in [0.1, 0.15) is 0 Å². The highest BCUT2D eigenvalue weighted by Gasteiger charge is 2.36. The van der Waals surface area contributed by atoms with Gasteiger partial charge >= 0.3 is 0 Å². The molecule has 10 heavy (non-hydrogen) atoms. The van der Waals surface area contributed by atoms with Crippen LogP contribution in [0.15, 0.2) is 0 Å². The largest absolute Gasteiger partial charge is 0.380 e. The van der Waals surface area contributed by atoms with Crippen LogP contribution in [0.2, 0.25) is 0 Å². The molecule has 1 N–H and O–H groups in total. The van der Waals surface area contributed by atoms with Crippen LogP contribution in [0.25, 0.3) is 0 Å². The minimum Gasteiger partial charge on any atom is -0.380 e. The summed E-state index contributed by atoms with van der Waals surface area (Å²) in [5.74, 6) is 0. The third-order valence-electron chi connectivity index (χ3n) is 2.79. The van der Waals surface area contributed by atoms with Crippen molar-refractivity contribution in [2.75, 3.05) is 7.11 Å². The number of hydrogen-bond donors (Lipinski definition) is 1. The monoisotopic (exact) mass is 141 g/mol. The molecule has 3 atom stereocenters. The van der Waals surface area contributed by atoms with E-state index in [-0.39, 0.29) is 0 Å². The lowest BCUT2D eigenvalue weighted by atomic mass is 10.1. The van der Waals surface area contributed by atoms with Crippen molar-refractivity contribution in [3.05, 3.63) is 0 Å². The summed E-state index contributed by atoms with van der Waals surface area (Å²) < 4.78 is 5.36. The second-order valence-corrected chi connectivity index (χ2v) is 3.41. The Kier molecular flexibility index (Phi) is 1.66. The Hall–Kier alpha value is -0.0800. The molecular formula is C8H15NO. The van der Waals surface area contributed by atoms with Gasteiger partial charge in [-0.1, -0.05) is 6.42 Å². The van der Waals surface area contributed by atoms with Gasteiger partial charge in [0.05, 0.1) is 6.10 Å². The summed E-state index contributed by atoms with van der Waals surface area (Å²) in [7, 11) is 1.83. The first-order valence-electron chi connectivity index (χ1n) is 4.19. The van der Waals surface area contributed by atoms with E-state index in [0.29, 0.717) is 12.1 Å². The van der Waals surface area contributed by atoms with Gasteiger partial charge in [-0.2, -0.15) is 0 Å². The average Bonchev–Trinajstić information content (AvgIpc) is 2.26. The molecule has 0 aliphatic carbocycles. The molecule has 2 heteroatoms. The highest BCUT2D eigenvalue weighted by Crippen LogP contribution is 2.28. The van der Waals surface area contributed by atoms with E-state index in [1.807, 2.05) is 7.11 Å². The minimum absolute atomic E-state index is 0.507. The lowest BCUT2D eigenvalue weighted by Gasteiger charge is -2.21. The van der Waals surface area contributed by atoms with Gasteiger partial charge in [0.25, 0.3) is 0 Å².